The zero-order chi connectivity index (χ0) is 13.7. The van der Waals surface area contributed by atoms with Gasteiger partial charge in [0.15, 0.2) is 0 Å². The molecule has 0 spiro atoms. The Morgan fingerprint density at radius 2 is 1.74 bits per heavy atom. The van der Waals surface area contributed by atoms with Crippen molar-refractivity contribution in [3.63, 3.8) is 0 Å². The smallest absolute Gasteiger partial charge is 0.325 e. The molecule has 2 aromatic carbocycles. The largest absolute Gasteiger partial charge is 0.480 e. The number of halogens is 1. The molecule has 0 aromatic heterocycles. The average Bonchev–Trinajstić information content (AvgIpc) is 2.42. The van der Waals surface area contributed by atoms with E-state index in [1.54, 1.807) is 24.3 Å². The maximum absolute atomic E-state index is 11.3. The lowest BCUT2D eigenvalue weighted by Crippen LogP contribution is -2.28. The molecular weight excluding hydrogens is 262 g/mol. The molecule has 1 unspecified atom stereocenters. The lowest BCUT2D eigenvalue weighted by Gasteiger charge is -2.14. The Labute approximate surface area is 116 Å². The molecule has 19 heavy (non-hydrogen) atoms. The second kappa shape index (κ2) is 6.36. The zero-order valence-corrected chi connectivity index (χ0v) is 11.0. The lowest BCUT2D eigenvalue weighted by atomic mass is 10.1. The van der Waals surface area contributed by atoms with Crippen LogP contribution in [0.15, 0.2) is 54.6 Å². The number of nitrogens with one attached hydrogen (secondary N) is 1. The molecular formula is C15H14ClNO2. The monoisotopic (exact) mass is 275 g/mol. The van der Waals surface area contributed by atoms with Crippen molar-refractivity contribution in [2.75, 3.05) is 0 Å². The number of carboxylic acids is 1. The van der Waals surface area contributed by atoms with Crippen molar-refractivity contribution in [3.8, 4) is 0 Å². The third-order valence-corrected chi connectivity index (χ3v) is 3.06. The van der Waals surface area contributed by atoms with Crippen LogP contribution >= 0.6 is 11.6 Å². The van der Waals surface area contributed by atoms with E-state index in [9.17, 15) is 9.90 Å². The van der Waals surface area contributed by atoms with Crippen LogP contribution in [-0.2, 0) is 11.3 Å². The molecule has 0 aliphatic heterocycles. The van der Waals surface area contributed by atoms with Crippen LogP contribution < -0.4 is 5.32 Å². The van der Waals surface area contributed by atoms with E-state index in [0.29, 0.717) is 11.6 Å². The van der Waals surface area contributed by atoms with Gasteiger partial charge in [-0.2, -0.15) is 0 Å². The van der Waals surface area contributed by atoms with Crippen molar-refractivity contribution in [1.29, 1.82) is 0 Å². The lowest BCUT2D eigenvalue weighted by molar-refractivity contribution is -0.139. The Kier molecular flexibility index (Phi) is 4.55. The first-order valence-electron chi connectivity index (χ1n) is 5.92. The minimum atomic E-state index is -0.889. The van der Waals surface area contributed by atoms with E-state index >= 15 is 0 Å². The van der Waals surface area contributed by atoms with Crippen LogP contribution in [0.4, 0.5) is 0 Å². The van der Waals surface area contributed by atoms with Crippen LogP contribution in [0.2, 0.25) is 5.02 Å². The third kappa shape index (κ3) is 3.81. The first-order valence-corrected chi connectivity index (χ1v) is 6.30. The topological polar surface area (TPSA) is 49.3 Å². The molecule has 0 bridgehead atoms. The SMILES string of the molecule is O=C(O)C(NCc1ccc(Cl)cc1)c1ccccc1. The minimum Gasteiger partial charge on any atom is -0.480 e. The average molecular weight is 276 g/mol. The van der Waals surface area contributed by atoms with Gasteiger partial charge in [-0.05, 0) is 23.3 Å². The van der Waals surface area contributed by atoms with Crippen LogP contribution in [0.5, 0.6) is 0 Å². The summed E-state index contributed by atoms with van der Waals surface area (Å²) in [6.07, 6.45) is 0. The van der Waals surface area contributed by atoms with Crippen molar-refractivity contribution >= 4 is 17.6 Å². The number of carbonyl (C=O) groups is 1. The van der Waals surface area contributed by atoms with Gasteiger partial charge in [-0.1, -0.05) is 54.1 Å². The van der Waals surface area contributed by atoms with Crippen LogP contribution in [0.25, 0.3) is 0 Å². The summed E-state index contributed by atoms with van der Waals surface area (Å²) in [5, 5.41) is 13.0. The van der Waals surface area contributed by atoms with Crippen LogP contribution in [-0.4, -0.2) is 11.1 Å². The molecule has 3 nitrogen and oxygen atoms in total. The second-order valence-corrected chi connectivity index (χ2v) is 4.63. The molecule has 2 aromatic rings. The Balaban J connectivity index is 2.06. The fourth-order valence-electron chi connectivity index (χ4n) is 1.82. The number of aliphatic carboxylic acids is 1. The van der Waals surface area contributed by atoms with Crippen molar-refractivity contribution in [2.45, 2.75) is 12.6 Å². The maximum Gasteiger partial charge on any atom is 0.325 e. The molecule has 98 valence electrons. The standard InChI is InChI=1S/C15H14ClNO2/c16-13-8-6-11(7-9-13)10-17-14(15(18)19)12-4-2-1-3-5-12/h1-9,14,17H,10H2,(H,18,19). The van der Waals surface area contributed by atoms with E-state index in [4.69, 9.17) is 11.6 Å². The molecule has 4 heteroatoms. The van der Waals surface area contributed by atoms with Crippen molar-refractivity contribution in [1.82, 2.24) is 5.32 Å². The van der Waals surface area contributed by atoms with Gasteiger partial charge in [0.25, 0.3) is 0 Å². The number of rotatable bonds is 5. The zero-order valence-electron chi connectivity index (χ0n) is 10.2. The summed E-state index contributed by atoms with van der Waals surface area (Å²) in [6.45, 7) is 0.475. The minimum absolute atomic E-state index is 0.475. The summed E-state index contributed by atoms with van der Waals surface area (Å²) < 4.78 is 0. The Bertz CT molecular complexity index is 540. The van der Waals surface area contributed by atoms with Gasteiger partial charge in [0, 0.05) is 11.6 Å². The van der Waals surface area contributed by atoms with E-state index in [2.05, 4.69) is 5.32 Å². The highest BCUT2D eigenvalue weighted by Gasteiger charge is 2.18. The molecule has 0 amide bonds. The van der Waals surface area contributed by atoms with Gasteiger partial charge < -0.3 is 5.11 Å². The van der Waals surface area contributed by atoms with Crippen molar-refractivity contribution in [2.24, 2.45) is 0 Å². The Hall–Kier alpha value is -1.84. The molecule has 0 aliphatic rings. The molecule has 0 saturated heterocycles. The highest BCUT2D eigenvalue weighted by molar-refractivity contribution is 6.30. The maximum atomic E-state index is 11.3. The summed E-state index contributed by atoms with van der Waals surface area (Å²) in [4.78, 5) is 11.3. The fourth-order valence-corrected chi connectivity index (χ4v) is 1.94. The van der Waals surface area contributed by atoms with E-state index in [0.717, 1.165) is 11.1 Å². The summed E-state index contributed by atoms with van der Waals surface area (Å²) in [5.74, 6) is -0.889. The third-order valence-electron chi connectivity index (χ3n) is 2.80. The summed E-state index contributed by atoms with van der Waals surface area (Å²) in [7, 11) is 0. The molecule has 0 saturated carbocycles. The molecule has 0 aliphatic carbocycles. The van der Waals surface area contributed by atoms with Gasteiger partial charge in [0.05, 0.1) is 0 Å². The van der Waals surface area contributed by atoms with Crippen molar-refractivity contribution < 1.29 is 9.90 Å². The van der Waals surface area contributed by atoms with Gasteiger partial charge in [0.2, 0.25) is 0 Å². The molecule has 2 N–H and O–H groups in total. The molecule has 0 heterocycles. The fraction of sp³-hybridized carbons (Fsp3) is 0.133. The van der Waals surface area contributed by atoms with Gasteiger partial charge >= 0.3 is 5.97 Å². The van der Waals surface area contributed by atoms with Crippen LogP contribution in [0, 0.1) is 0 Å². The number of benzene rings is 2. The first-order chi connectivity index (χ1) is 9.16. The number of carboxylic acid groups (broad SMARTS) is 1. The van der Waals surface area contributed by atoms with Gasteiger partial charge in [-0.15, -0.1) is 0 Å². The number of hydrogen-bond donors (Lipinski definition) is 2. The molecule has 1 atom stereocenters. The van der Waals surface area contributed by atoms with Crippen LogP contribution in [0.1, 0.15) is 17.2 Å². The highest BCUT2D eigenvalue weighted by atomic mass is 35.5. The quantitative estimate of drug-likeness (QED) is 0.881. The van der Waals surface area contributed by atoms with E-state index in [1.165, 1.54) is 0 Å². The van der Waals surface area contributed by atoms with E-state index in [1.807, 2.05) is 30.3 Å². The predicted octanol–water partition coefficient (Wildman–Crippen LogP) is 3.26. The molecule has 0 radical (unpaired) electrons. The van der Waals surface area contributed by atoms with E-state index in [-0.39, 0.29) is 0 Å². The highest BCUT2D eigenvalue weighted by Crippen LogP contribution is 2.15. The predicted molar refractivity (Wildman–Crippen MR) is 75.1 cm³/mol. The summed E-state index contributed by atoms with van der Waals surface area (Å²) >= 11 is 5.81. The van der Waals surface area contributed by atoms with Gasteiger partial charge in [-0.3, -0.25) is 10.1 Å². The normalized spacial score (nSPS) is 12.1. The number of hydrogen-bond acceptors (Lipinski definition) is 2. The van der Waals surface area contributed by atoms with Crippen LogP contribution in [0.3, 0.4) is 0 Å². The summed E-state index contributed by atoms with van der Waals surface area (Å²) in [5.41, 5.74) is 1.73. The van der Waals surface area contributed by atoms with Crippen molar-refractivity contribution in [3.05, 3.63) is 70.7 Å². The second-order valence-electron chi connectivity index (χ2n) is 4.19. The van der Waals surface area contributed by atoms with Gasteiger partial charge in [0.1, 0.15) is 6.04 Å². The van der Waals surface area contributed by atoms with E-state index < -0.39 is 12.0 Å². The Morgan fingerprint density at radius 3 is 2.32 bits per heavy atom. The van der Waals surface area contributed by atoms with Gasteiger partial charge in [-0.25, -0.2) is 0 Å². The Morgan fingerprint density at radius 1 is 1.11 bits per heavy atom. The molecule has 0 fully saturated rings. The summed E-state index contributed by atoms with van der Waals surface area (Å²) in [6, 6.07) is 15.7. The molecule has 2 rings (SSSR count). The first kappa shape index (κ1) is 13.6.